The zero-order valence-electron chi connectivity index (χ0n) is 9.70. The Labute approximate surface area is 94.5 Å². The molecule has 5 heteroatoms. The minimum absolute atomic E-state index is 0.0718. The topological polar surface area (TPSA) is 41.9 Å². The SMILES string of the molecule is COC(=O)/C=C1\SN(C)N=C1C(C)(C)C. The van der Waals surface area contributed by atoms with Crippen LogP contribution in [0.25, 0.3) is 0 Å². The molecule has 0 aromatic heterocycles. The normalized spacial score (nSPS) is 19.4. The highest BCUT2D eigenvalue weighted by molar-refractivity contribution is 8.02. The smallest absolute Gasteiger partial charge is 0.331 e. The minimum atomic E-state index is -0.343. The Bertz CT molecular complexity index is 329. The van der Waals surface area contributed by atoms with Gasteiger partial charge in [-0.15, -0.1) is 0 Å². The van der Waals surface area contributed by atoms with Crippen LogP contribution in [0.1, 0.15) is 20.8 Å². The van der Waals surface area contributed by atoms with E-state index in [2.05, 4.69) is 30.6 Å². The fourth-order valence-corrected chi connectivity index (χ4v) is 2.17. The van der Waals surface area contributed by atoms with Gasteiger partial charge in [-0.3, -0.25) is 0 Å². The van der Waals surface area contributed by atoms with Gasteiger partial charge in [-0.05, 0) is 0 Å². The predicted molar refractivity (Wildman–Crippen MR) is 62.3 cm³/mol. The van der Waals surface area contributed by atoms with Gasteiger partial charge in [-0.2, -0.15) is 5.10 Å². The lowest BCUT2D eigenvalue weighted by Gasteiger charge is -2.17. The quantitative estimate of drug-likeness (QED) is 0.391. The zero-order valence-corrected chi connectivity index (χ0v) is 10.5. The molecular formula is C10H16N2O2S. The number of ether oxygens (including phenoxy) is 1. The molecule has 0 spiro atoms. The van der Waals surface area contributed by atoms with Gasteiger partial charge in [0.05, 0.1) is 17.7 Å². The van der Waals surface area contributed by atoms with Gasteiger partial charge in [0.25, 0.3) is 0 Å². The molecule has 84 valence electrons. The monoisotopic (exact) mass is 228 g/mol. The van der Waals surface area contributed by atoms with Crippen molar-refractivity contribution in [3.8, 4) is 0 Å². The molecule has 1 aliphatic heterocycles. The lowest BCUT2D eigenvalue weighted by atomic mass is 9.89. The predicted octanol–water partition coefficient (Wildman–Crippen LogP) is 2.04. The van der Waals surface area contributed by atoms with E-state index in [0.29, 0.717) is 0 Å². The summed E-state index contributed by atoms with van der Waals surface area (Å²) in [5, 5.41) is 4.37. The van der Waals surface area contributed by atoms with Crippen molar-refractivity contribution in [2.45, 2.75) is 20.8 Å². The van der Waals surface area contributed by atoms with Crippen molar-refractivity contribution in [1.29, 1.82) is 0 Å². The van der Waals surface area contributed by atoms with Crippen LogP contribution in [0.3, 0.4) is 0 Å². The summed E-state index contributed by atoms with van der Waals surface area (Å²) in [6.45, 7) is 6.20. The summed E-state index contributed by atoms with van der Waals surface area (Å²) in [7, 11) is 3.23. The second-order valence-electron chi connectivity index (χ2n) is 4.29. The van der Waals surface area contributed by atoms with Crippen LogP contribution >= 0.6 is 11.9 Å². The molecule has 0 radical (unpaired) electrons. The Balaban J connectivity index is 2.98. The molecule has 1 aliphatic rings. The fraction of sp³-hybridized carbons (Fsp3) is 0.600. The van der Waals surface area contributed by atoms with Crippen molar-refractivity contribution in [1.82, 2.24) is 4.41 Å². The van der Waals surface area contributed by atoms with E-state index in [1.54, 1.807) is 4.41 Å². The van der Waals surface area contributed by atoms with Gasteiger partial charge < -0.3 is 4.74 Å². The summed E-state index contributed by atoms with van der Waals surface area (Å²) < 4.78 is 6.35. The molecule has 0 aliphatic carbocycles. The molecule has 0 atom stereocenters. The number of hydrogen-bond acceptors (Lipinski definition) is 5. The number of hydrogen-bond donors (Lipinski definition) is 0. The fourth-order valence-electron chi connectivity index (χ4n) is 1.18. The number of allylic oxidation sites excluding steroid dienone is 1. The Morgan fingerprint density at radius 2 is 2.13 bits per heavy atom. The van der Waals surface area contributed by atoms with Crippen LogP contribution in [-0.2, 0) is 9.53 Å². The van der Waals surface area contributed by atoms with Gasteiger partial charge in [0.1, 0.15) is 0 Å². The molecular weight excluding hydrogens is 212 g/mol. The molecule has 0 saturated heterocycles. The molecule has 1 heterocycles. The summed E-state index contributed by atoms with van der Waals surface area (Å²) in [4.78, 5) is 12.0. The number of carbonyl (C=O) groups excluding carboxylic acids is 1. The molecule has 1 rings (SSSR count). The summed E-state index contributed by atoms with van der Waals surface area (Å²) in [6, 6.07) is 0. The number of carbonyl (C=O) groups is 1. The van der Waals surface area contributed by atoms with Gasteiger partial charge in [-0.25, -0.2) is 9.21 Å². The van der Waals surface area contributed by atoms with E-state index >= 15 is 0 Å². The van der Waals surface area contributed by atoms with Crippen molar-refractivity contribution in [3.05, 3.63) is 11.0 Å². The van der Waals surface area contributed by atoms with Gasteiger partial charge in [0, 0.05) is 30.5 Å². The van der Waals surface area contributed by atoms with Crippen LogP contribution in [0, 0.1) is 5.41 Å². The summed E-state index contributed by atoms with van der Waals surface area (Å²) in [5.74, 6) is -0.343. The Hall–Kier alpha value is -0.970. The van der Waals surface area contributed by atoms with E-state index in [1.807, 2.05) is 7.05 Å². The lowest BCUT2D eigenvalue weighted by molar-refractivity contribution is -0.134. The van der Waals surface area contributed by atoms with Gasteiger partial charge in [0.15, 0.2) is 0 Å². The largest absolute Gasteiger partial charge is 0.466 e. The van der Waals surface area contributed by atoms with E-state index in [-0.39, 0.29) is 11.4 Å². The highest BCUT2D eigenvalue weighted by atomic mass is 32.2. The molecule has 0 aromatic rings. The summed E-state index contributed by atoms with van der Waals surface area (Å²) in [5.41, 5.74) is 0.845. The third-order valence-electron chi connectivity index (χ3n) is 1.87. The third-order valence-corrected chi connectivity index (χ3v) is 2.72. The first-order valence-corrected chi connectivity index (χ1v) is 5.42. The number of esters is 1. The first-order chi connectivity index (χ1) is 6.84. The Morgan fingerprint density at radius 3 is 2.60 bits per heavy atom. The number of nitrogens with zero attached hydrogens (tertiary/aromatic N) is 2. The maximum atomic E-state index is 11.2. The molecule has 15 heavy (non-hydrogen) atoms. The van der Waals surface area contributed by atoms with E-state index < -0.39 is 0 Å². The third kappa shape index (κ3) is 2.99. The second kappa shape index (κ2) is 4.26. The molecule has 0 amide bonds. The van der Waals surface area contributed by atoms with Crippen LogP contribution in [-0.4, -0.2) is 30.3 Å². The molecule has 0 bridgehead atoms. The first kappa shape index (κ1) is 12.1. The minimum Gasteiger partial charge on any atom is -0.466 e. The van der Waals surface area contributed by atoms with Crippen molar-refractivity contribution in [2.24, 2.45) is 10.5 Å². The second-order valence-corrected chi connectivity index (χ2v) is 5.44. The average Bonchev–Trinajstić information content (AvgIpc) is 2.45. The van der Waals surface area contributed by atoms with Crippen LogP contribution < -0.4 is 0 Å². The maximum Gasteiger partial charge on any atom is 0.331 e. The van der Waals surface area contributed by atoms with Crippen molar-refractivity contribution < 1.29 is 9.53 Å². The van der Waals surface area contributed by atoms with Gasteiger partial charge >= 0.3 is 5.97 Å². The number of hydrazone groups is 1. The average molecular weight is 228 g/mol. The van der Waals surface area contributed by atoms with Crippen molar-refractivity contribution in [2.75, 3.05) is 14.2 Å². The summed E-state index contributed by atoms with van der Waals surface area (Å²) in [6.07, 6.45) is 1.48. The highest BCUT2D eigenvalue weighted by Crippen LogP contribution is 2.36. The summed E-state index contributed by atoms with van der Waals surface area (Å²) >= 11 is 1.43. The molecule has 0 aromatic carbocycles. The molecule has 0 unspecified atom stereocenters. The highest BCUT2D eigenvalue weighted by Gasteiger charge is 2.30. The van der Waals surface area contributed by atoms with E-state index in [4.69, 9.17) is 0 Å². The Kier molecular flexibility index (Phi) is 3.44. The van der Waals surface area contributed by atoms with Crippen molar-refractivity contribution in [3.63, 3.8) is 0 Å². The number of methoxy groups -OCH3 is 1. The van der Waals surface area contributed by atoms with E-state index in [1.165, 1.54) is 25.1 Å². The van der Waals surface area contributed by atoms with Crippen LogP contribution in [0.15, 0.2) is 16.1 Å². The molecule has 0 saturated carbocycles. The van der Waals surface area contributed by atoms with Crippen molar-refractivity contribution >= 4 is 23.6 Å². The lowest BCUT2D eigenvalue weighted by Crippen LogP contribution is -2.20. The Morgan fingerprint density at radius 1 is 1.53 bits per heavy atom. The molecule has 4 nitrogen and oxygen atoms in total. The molecule has 0 fully saturated rings. The number of rotatable bonds is 1. The molecule has 0 N–H and O–H groups in total. The van der Waals surface area contributed by atoms with E-state index in [9.17, 15) is 4.79 Å². The van der Waals surface area contributed by atoms with E-state index in [0.717, 1.165) is 10.6 Å². The van der Waals surface area contributed by atoms with Crippen LogP contribution in [0.2, 0.25) is 0 Å². The van der Waals surface area contributed by atoms with Crippen LogP contribution in [0.5, 0.6) is 0 Å². The van der Waals surface area contributed by atoms with Gasteiger partial charge in [-0.1, -0.05) is 20.8 Å². The van der Waals surface area contributed by atoms with Crippen LogP contribution in [0.4, 0.5) is 0 Å². The maximum absolute atomic E-state index is 11.2. The van der Waals surface area contributed by atoms with Gasteiger partial charge in [0.2, 0.25) is 0 Å². The first-order valence-electron chi connectivity index (χ1n) is 4.65. The zero-order chi connectivity index (χ0) is 11.6. The standard InChI is InChI=1S/C10H16N2O2S/c1-10(2,3)9-7(6-8(13)14-5)15-12(4)11-9/h6H,1-5H3/b7-6-.